The Kier molecular flexibility index (Phi) is 5.35. The standard InChI is InChI=1S/C13H18N4S2/c1-3-12-17-10(9-19-12)7-15-13(14-2)16-8-11-5-4-6-18-11/h4-6,9H,3,7-8H2,1-2H3,(H2,14,15,16). The molecule has 2 aromatic heterocycles. The van der Waals surface area contributed by atoms with Crippen molar-refractivity contribution in [3.63, 3.8) is 0 Å². The molecule has 0 unspecified atom stereocenters. The monoisotopic (exact) mass is 294 g/mol. The molecule has 2 aromatic rings. The fraction of sp³-hybridized carbons (Fsp3) is 0.385. The van der Waals surface area contributed by atoms with Gasteiger partial charge in [0, 0.05) is 17.3 Å². The van der Waals surface area contributed by atoms with Crippen LogP contribution in [0.3, 0.4) is 0 Å². The van der Waals surface area contributed by atoms with E-state index < -0.39 is 0 Å². The van der Waals surface area contributed by atoms with Crippen LogP contribution in [0.25, 0.3) is 0 Å². The first-order valence-corrected chi connectivity index (χ1v) is 7.98. The van der Waals surface area contributed by atoms with Crippen LogP contribution in [0.4, 0.5) is 0 Å². The molecule has 0 fully saturated rings. The molecular weight excluding hydrogens is 276 g/mol. The zero-order valence-electron chi connectivity index (χ0n) is 11.1. The van der Waals surface area contributed by atoms with Crippen LogP contribution in [0.2, 0.25) is 0 Å². The molecule has 0 bridgehead atoms. The Labute approximate surface area is 121 Å². The normalized spacial score (nSPS) is 11.6. The number of thiophene rings is 1. The third kappa shape index (κ3) is 4.33. The van der Waals surface area contributed by atoms with Gasteiger partial charge in [-0.25, -0.2) is 4.98 Å². The van der Waals surface area contributed by atoms with Crippen LogP contribution in [0.1, 0.15) is 22.5 Å². The molecule has 0 amide bonds. The second-order valence-corrected chi connectivity index (χ2v) is 5.92. The van der Waals surface area contributed by atoms with Crippen molar-refractivity contribution in [1.29, 1.82) is 0 Å². The zero-order valence-corrected chi connectivity index (χ0v) is 12.8. The van der Waals surface area contributed by atoms with Gasteiger partial charge in [-0.2, -0.15) is 0 Å². The summed E-state index contributed by atoms with van der Waals surface area (Å²) >= 11 is 3.45. The van der Waals surface area contributed by atoms with E-state index in [0.29, 0.717) is 6.54 Å². The summed E-state index contributed by atoms with van der Waals surface area (Å²) in [5, 5.41) is 11.9. The molecule has 2 N–H and O–H groups in total. The highest BCUT2D eigenvalue weighted by molar-refractivity contribution is 7.10. The lowest BCUT2D eigenvalue weighted by Crippen LogP contribution is -2.36. The molecule has 19 heavy (non-hydrogen) atoms. The average molecular weight is 294 g/mol. The van der Waals surface area contributed by atoms with E-state index in [1.54, 1.807) is 29.7 Å². The summed E-state index contributed by atoms with van der Waals surface area (Å²) in [6, 6.07) is 4.17. The van der Waals surface area contributed by atoms with E-state index in [9.17, 15) is 0 Å². The molecule has 6 heteroatoms. The smallest absolute Gasteiger partial charge is 0.191 e. The van der Waals surface area contributed by atoms with Gasteiger partial charge >= 0.3 is 0 Å². The van der Waals surface area contributed by atoms with E-state index in [1.807, 2.05) is 0 Å². The molecule has 0 radical (unpaired) electrons. The summed E-state index contributed by atoms with van der Waals surface area (Å²) in [7, 11) is 1.78. The molecule has 0 saturated carbocycles. The van der Waals surface area contributed by atoms with Crippen molar-refractivity contribution in [3.05, 3.63) is 38.5 Å². The van der Waals surface area contributed by atoms with E-state index >= 15 is 0 Å². The van der Waals surface area contributed by atoms with Crippen molar-refractivity contribution in [2.75, 3.05) is 7.05 Å². The quantitative estimate of drug-likeness (QED) is 0.658. The number of hydrogen-bond donors (Lipinski definition) is 2. The lowest BCUT2D eigenvalue weighted by atomic mass is 10.4. The molecule has 2 rings (SSSR count). The van der Waals surface area contributed by atoms with Crippen molar-refractivity contribution in [2.45, 2.75) is 26.4 Å². The average Bonchev–Trinajstić information content (AvgIpc) is 3.10. The minimum atomic E-state index is 0.709. The molecule has 0 aromatic carbocycles. The van der Waals surface area contributed by atoms with Gasteiger partial charge in [-0.05, 0) is 17.9 Å². The predicted molar refractivity (Wildman–Crippen MR) is 82.8 cm³/mol. The maximum absolute atomic E-state index is 4.52. The van der Waals surface area contributed by atoms with E-state index in [-0.39, 0.29) is 0 Å². The second kappa shape index (κ2) is 7.25. The van der Waals surface area contributed by atoms with Gasteiger partial charge in [-0.3, -0.25) is 4.99 Å². The van der Waals surface area contributed by atoms with Crippen molar-refractivity contribution in [1.82, 2.24) is 15.6 Å². The summed E-state index contributed by atoms with van der Waals surface area (Å²) in [5.41, 5.74) is 1.07. The second-order valence-electron chi connectivity index (χ2n) is 3.94. The molecular formula is C13H18N4S2. The minimum absolute atomic E-state index is 0.709. The van der Waals surface area contributed by atoms with Crippen LogP contribution in [0.5, 0.6) is 0 Å². The first kappa shape index (κ1) is 14.0. The topological polar surface area (TPSA) is 49.3 Å². The molecule has 0 aliphatic rings. The maximum atomic E-state index is 4.52. The molecule has 0 spiro atoms. The molecule has 0 aliphatic heterocycles. The Morgan fingerprint density at radius 3 is 2.79 bits per heavy atom. The Bertz CT molecular complexity index is 516. The largest absolute Gasteiger partial charge is 0.352 e. The Hall–Kier alpha value is -1.40. The zero-order chi connectivity index (χ0) is 13.5. The number of rotatable bonds is 5. The van der Waals surface area contributed by atoms with Crippen molar-refractivity contribution < 1.29 is 0 Å². The highest BCUT2D eigenvalue weighted by Gasteiger charge is 2.02. The minimum Gasteiger partial charge on any atom is -0.352 e. The molecule has 4 nitrogen and oxygen atoms in total. The first-order valence-electron chi connectivity index (χ1n) is 6.22. The number of guanidine groups is 1. The maximum Gasteiger partial charge on any atom is 0.191 e. The molecule has 102 valence electrons. The lowest BCUT2D eigenvalue weighted by molar-refractivity contribution is 0.800. The summed E-state index contributed by atoms with van der Waals surface area (Å²) in [6.45, 7) is 3.63. The summed E-state index contributed by atoms with van der Waals surface area (Å²) < 4.78 is 0. The SMILES string of the molecule is CCc1nc(CNC(=NC)NCc2cccs2)cs1. The van der Waals surface area contributed by atoms with Gasteiger partial charge in [-0.15, -0.1) is 22.7 Å². The number of aromatic nitrogens is 1. The Balaban J connectivity index is 1.79. The molecule has 0 aliphatic carbocycles. The first-order chi connectivity index (χ1) is 9.31. The lowest BCUT2D eigenvalue weighted by Gasteiger charge is -2.09. The number of thiazole rings is 1. The number of hydrogen-bond acceptors (Lipinski definition) is 4. The van der Waals surface area contributed by atoms with Crippen LogP contribution < -0.4 is 10.6 Å². The molecule has 0 saturated heterocycles. The van der Waals surface area contributed by atoms with Gasteiger partial charge in [0.05, 0.1) is 23.8 Å². The fourth-order valence-corrected chi connectivity index (χ4v) is 2.96. The van der Waals surface area contributed by atoms with Crippen molar-refractivity contribution in [2.24, 2.45) is 4.99 Å². The molecule has 0 atom stereocenters. The summed E-state index contributed by atoms with van der Waals surface area (Å²) in [6.07, 6.45) is 0.996. The number of nitrogens with one attached hydrogen (secondary N) is 2. The fourth-order valence-electron chi connectivity index (χ4n) is 1.57. The number of aryl methyl sites for hydroxylation is 1. The van der Waals surface area contributed by atoms with Crippen LogP contribution in [-0.4, -0.2) is 18.0 Å². The van der Waals surface area contributed by atoms with Gasteiger partial charge in [-0.1, -0.05) is 13.0 Å². The van der Waals surface area contributed by atoms with Gasteiger partial charge in [0.1, 0.15) is 0 Å². The van der Waals surface area contributed by atoms with Gasteiger partial charge in [0.2, 0.25) is 0 Å². The van der Waals surface area contributed by atoms with Crippen LogP contribution >= 0.6 is 22.7 Å². The van der Waals surface area contributed by atoms with E-state index in [4.69, 9.17) is 0 Å². The van der Waals surface area contributed by atoms with Crippen LogP contribution in [0, 0.1) is 0 Å². The Morgan fingerprint density at radius 2 is 2.16 bits per heavy atom. The van der Waals surface area contributed by atoms with Crippen molar-refractivity contribution >= 4 is 28.6 Å². The van der Waals surface area contributed by atoms with Gasteiger partial charge in [0.25, 0.3) is 0 Å². The number of aliphatic imine (C=N–C) groups is 1. The third-order valence-electron chi connectivity index (χ3n) is 2.57. The summed E-state index contributed by atoms with van der Waals surface area (Å²) in [5.74, 6) is 0.805. The predicted octanol–water partition coefficient (Wildman–Crippen LogP) is 2.63. The van der Waals surface area contributed by atoms with Gasteiger partial charge in [0.15, 0.2) is 5.96 Å². The van der Waals surface area contributed by atoms with Gasteiger partial charge < -0.3 is 10.6 Å². The van der Waals surface area contributed by atoms with Crippen LogP contribution in [0.15, 0.2) is 27.9 Å². The van der Waals surface area contributed by atoms with Crippen LogP contribution in [-0.2, 0) is 19.5 Å². The summed E-state index contributed by atoms with van der Waals surface area (Å²) in [4.78, 5) is 10.0. The van der Waals surface area contributed by atoms with E-state index in [1.165, 1.54) is 9.88 Å². The third-order valence-corrected chi connectivity index (χ3v) is 4.49. The van der Waals surface area contributed by atoms with E-state index in [2.05, 4.69) is 50.4 Å². The van der Waals surface area contributed by atoms with Crippen molar-refractivity contribution in [3.8, 4) is 0 Å². The Morgan fingerprint density at radius 1 is 1.32 bits per heavy atom. The highest BCUT2D eigenvalue weighted by Crippen LogP contribution is 2.10. The molecule has 2 heterocycles. The highest BCUT2D eigenvalue weighted by atomic mass is 32.1. The number of nitrogens with zero attached hydrogens (tertiary/aromatic N) is 2. The van der Waals surface area contributed by atoms with E-state index in [0.717, 1.165) is 24.6 Å².